The Kier molecular flexibility index (Phi) is 5.35. The van der Waals surface area contributed by atoms with E-state index in [-0.39, 0.29) is 11.5 Å². The quantitative estimate of drug-likeness (QED) is 0.430. The van der Waals surface area contributed by atoms with Crippen LogP contribution in [-0.4, -0.2) is 45.1 Å². The topological polar surface area (TPSA) is 106 Å². The number of nitrogens with one attached hydrogen (secondary N) is 1. The minimum atomic E-state index is 0.100. The van der Waals surface area contributed by atoms with E-state index in [0.717, 1.165) is 43.2 Å². The average Bonchev–Trinajstić information content (AvgIpc) is 3.40. The van der Waals surface area contributed by atoms with Gasteiger partial charge in [-0.25, -0.2) is 15.0 Å². The Morgan fingerprint density at radius 1 is 1.18 bits per heavy atom. The Bertz CT molecular complexity index is 1370. The van der Waals surface area contributed by atoms with Crippen molar-refractivity contribution >= 4 is 40.6 Å². The van der Waals surface area contributed by atoms with Crippen LogP contribution in [0.25, 0.3) is 11.3 Å². The van der Waals surface area contributed by atoms with Gasteiger partial charge in [-0.2, -0.15) is 4.98 Å². The molecule has 6 rings (SSSR count). The van der Waals surface area contributed by atoms with Crippen molar-refractivity contribution in [3.63, 3.8) is 0 Å². The molecule has 10 heteroatoms. The Morgan fingerprint density at radius 2 is 2.00 bits per heavy atom. The second-order valence-electron chi connectivity index (χ2n) is 8.88. The molecule has 0 bridgehead atoms. The van der Waals surface area contributed by atoms with E-state index in [1.807, 2.05) is 6.07 Å². The number of benzene rings is 1. The molecule has 1 saturated heterocycles. The molecule has 4 aromatic rings. The van der Waals surface area contributed by atoms with Crippen LogP contribution < -0.4 is 15.4 Å². The van der Waals surface area contributed by atoms with Crippen molar-refractivity contribution in [2.75, 3.05) is 25.1 Å². The number of nitrogens with two attached hydrogens (primary N) is 1. The van der Waals surface area contributed by atoms with Crippen molar-refractivity contribution in [2.24, 2.45) is 11.1 Å². The molecule has 0 saturated carbocycles. The van der Waals surface area contributed by atoms with Crippen LogP contribution in [-0.2, 0) is 6.42 Å². The second kappa shape index (κ2) is 8.41. The summed E-state index contributed by atoms with van der Waals surface area (Å²) in [6, 6.07) is 10.5. The zero-order chi connectivity index (χ0) is 23.3. The maximum atomic E-state index is 6.72. The number of hydrogen-bond donors (Lipinski definition) is 2. The number of fused-ring (bicyclic) bond motifs is 2. The molecular weight excluding hydrogens is 470 g/mol. The number of pyridine rings is 1. The fourth-order valence-corrected chi connectivity index (χ4v) is 6.25. The van der Waals surface area contributed by atoms with Gasteiger partial charge in [0, 0.05) is 30.2 Å². The molecule has 0 radical (unpaired) electrons. The molecule has 1 atom stereocenters. The molecule has 2 aliphatic rings. The first-order chi connectivity index (χ1) is 16.6. The Morgan fingerprint density at radius 3 is 2.79 bits per heavy atom. The predicted molar refractivity (Wildman–Crippen MR) is 133 cm³/mol. The van der Waals surface area contributed by atoms with E-state index in [1.54, 1.807) is 19.5 Å². The van der Waals surface area contributed by atoms with Crippen LogP contribution in [0.1, 0.15) is 30.0 Å². The highest BCUT2D eigenvalue weighted by Gasteiger charge is 2.46. The number of anilines is 1. The van der Waals surface area contributed by atoms with Gasteiger partial charge in [0.2, 0.25) is 11.8 Å². The number of methoxy groups -OCH3 is 1. The number of hydrogen-bond acceptors (Lipinski definition) is 8. The van der Waals surface area contributed by atoms with Crippen LogP contribution in [0.15, 0.2) is 52.6 Å². The van der Waals surface area contributed by atoms with Crippen molar-refractivity contribution < 1.29 is 4.74 Å². The average molecular weight is 494 g/mol. The molecule has 174 valence electrons. The molecule has 1 aliphatic carbocycles. The number of imidazole rings is 1. The van der Waals surface area contributed by atoms with Crippen LogP contribution in [0, 0.1) is 5.41 Å². The smallest absolute Gasteiger partial charge is 0.233 e. The van der Waals surface area contributed by atoms with Gasteiger partial charge in [0.25, 0.3) is 0 Å². The SMILES string of the molecule is COc1nccc(Sc2cnc3[nH]c(N4CCC5(CC4)Cc4ccccc4[C@H]5N)nc3n2)c1Cl. The van der Waals surface area contributed by atoms with Gasteiger partial charge in [-0.1, -0.05) is 47.6 Å². The number of rotatable bonds is 4. The van der Waals surface area contributed by atoms with Gasteiger partial charge >= 0.3 is 0 Å². The van der Waals surface area contributed by atoms with E-state index in [0.29, 0.717) is 27.2 Å². The molecule has 1 aromatic carbocycles. The normalized spacial score (nSPS) is 19.0. The van der Waals surface area contributed by atoms with Gasteiger partial charge in [-0.15, -0.1) is 0 Å². The van der Waals surface area contributed by atoms with E-state index in [4.69, 9.17) is 27.1 Å². The molecule has 0 unspecified atom stereocenters. The van der Waals surface area contributed by atoms with Crippen LogP contribution in [0.3, 0.4) is 0 Å². The van der Waals surface area contributed by atoms with Crippen LogP contribution >= 0.6 is 23.4 Å². The van der Waals surface area contributed by atoms with Crippen LogP contribution in [0.5, 0.6) is 5.88 Å². The minimum absolute atomic E-state index is 0.100. The molecule has 1 spiro atoms. The monoisotopic (exact) mass is 493 g/mol. The van der Waals surface area contributed by atoms with Gasteiger partial charge in [0.1, 0.15) is 10.0 Å². The summed E-state index contributed by atoms with van der Waals surface area (Å²) in [6.45, 7) is 1.80. The maximum absolute atomic E-state index is 6.72. The summed E-state index contributed by atoms with van der Waals surface area (Å²) >= 11 is 7.78. The number of ether oxygens (including phenoxy) is 1. The molecule has 34 heavy (non-hydrogen) atoms. The van der Waals surface area contributed by atoms with Crippen molar-refractivity contribution in [3.8, 4) is 5.88 Å². The molecule has 3 aromatic heterocycles. The Balaban J connectivity index is 1.19. The highest BCUT2D eigenvalue weighted by atomic mass is 35.5. The van der Waals surface area contributed by atoms with E-state index >= 15 is 0 Å². The number of aromatic amines is 1. The molecule has 0 amide bonds. The van der Waals surface area contributed by atoms with Crippen LogP contribution in [0.2, 0.25) is 5.02 Å². The summed E-state index contributed by atoms with van der Waals surface area (Å²) in [4.78, 5) is 24.5. The lowest BCUT2D eigenvalue weighted by molar-refractivity contribution is 0.187. The van der Waals surface area contributed by atoms with Crippen molar-refractivity contribution in [2.45, 2.75) is 35.2 Å². The maximum Gasteiger partial charge on any atom is 0.233 e. The highest BCUT2D eigenvalue weighted by molar-refractivity contribution is 7.99. The molecule has 1 fully saturated rings. The first-order valence-electron chi connectivity index (χ1n) is 11.2. The predicted octanol–water partition coefficient (Wildman–Crippen LogP) is 4.40. The zero-order valence-electron chi connectivity index (χ0n) is 18.7. The number of H-pyrrole nitrogens is 1. The van der Waals surface area contributed by atoms with Crippen molar-refractivity contribution in [3.05, 3.63) is 58.9 Å². The summed E-state index contributed by atoms with van der Waals surface area (Å²) in [5, 5.41) is 1.15. The third-order valence-corrected chi connectivity index (χ3v) is 8.50. The van der Waals surface area contributed by atoms with E-state index in [9.17, 15) is 0 Å². The fraction of sp³-hybridized carbons (Fsp3) is 0.333. The third-order valence-electron chi connectivity index (χ3n) is 7.05. The van der Waals surface area contributed by atoms with Gasteiger partial charge in [-0.3, -0.25) is 0 Å². The zero-order valence-corrected chi connectivity index (χ0v) is 20.2. The van der Waals surface area contributed by atoms with Gasteiger partial charge in [-0.05, 0) is 41.9 Å². The number of nitrogens with zero attached hydrogens (tertiary/aromatic N) is 5. The molecule has 3 N–H and O–H groups in total. The summed E-state index contributed by atoms with van der Waals surface area (Å²) in [7, 11) is 1.54. The Hall–Kier alpha value is -2.88. The fourth-order valence-electron chi connectivity index (χ4n) is 5.17. The number of aromatic nitrogens is 5. The van der Waals surface area contributed by atoms with Gasteiger partial charge < -0.3 is 20.4 Å². The van der Waals surface area contributed by atoms with E-state index in [1.165, 1.54) is 22.9 Å². The second-order valence-corrected chi connectivity index (χ2v) is 10.3. The first kappa shape index (κ1) is 21.6. The van der Waals surface area contributed by atoms with Crippen molar-refractivity contribution in [1.82, 2.24) is 24.9 Å². The standard InChI is InChI=1S/C24H24ClN7OS/c1-33-22-18(25)16(6-9-27-22)34-17-13-28-20-21(29-17)31-23(30-20)32-10-7-24(8-11-32)12-14-4-2-3-5-15(14)19(24)26/h2-6,9,13,19H,7-8,10-12,26H2,1H3,(H,28,29,30,31)/t19-/m1/s1. The third kappa shape index (κ3) is 3.59. The van der Waals surface area contributed by atoms with Crippen LogP contribution in [0.4, 0.5) is 5.95 Å². The largest absolute Gasteiger partial charge is 0.480 e. The lowest BCUT2D eigenvalue weighted by atomic mass is 9.73. The summed E-state index contributed by atoms with van der Waals surface area (Å²) in [5.74, 6) is 1.19. The lowest BCUT2D eigenvalue weighted by Gasteiger charge is -2.42. The summed E-state index contributed by atoms with van der Waals surface area (Å²) in [5.41, 5.74) is 10.8. The Labute approximate surface area is 206 Å². The highest BCUT2D eigenvalue weighted by Crippen LogP contribution is 2.50. The number of piperidine rings is 1. The molecule has 8 nitrogen and oxygen atoms in total. The van der Waals surface area contributed by atoms with Gasteiger partial charge in [0.15, 0.2) is 11.3 Å². The molecular formula is C24H24ClN7OS. The summed E-state index contributed by atoms with van der Waals surface area (Å²) in [6.07, 6.45) is 6.50. The van der Waals surface area contributed by atoms with Gasteiger partial charge in [0.05, 0.1) is 13.3 Å². The van der Waals surface area contributed by atoms with Crippen molar-refractivity contribution in [1.29, 1.82) is 0 Å². The lowest BCUT2D eigenvalue weighted by Crippen LogP contribution is -2.44. The molecule has 4 heterocycles. The molecule has 1 aliphatic heterocycles. The van der Waals surface area contributed by atoms with E-state index in [2.05, 4.69) is 49.1 Å². The number of halogens is 1. The first-order valence-corrected chi connectivity index (χ1v) is 12.4. The van der Waals surface area contributed by atoms with E-state index < -0.39 is 0 Å². The minimum Gasteiger partial charge on any atom is -0.480 e. The summed E-state index contributed by atoms with van der Waals surface area (Å²) < 4.78 is 5.20.